The zero-order valence-electron chi connectivity index (χ0n) is 57.2. The number of hydrogen-bond acceptors (Lipinski definition) is 14. The molecule has 0 bridgehead atoms. The van der Waals surface area contributed by atoms with Crippen LogP contribution in [-0.4, -0.2) is 79.2 Å². The molecule has 0 unspecified atom stereocenters. The average molecular weight is 1380 g/mol. The summed E-state index contributed by atoms with van der Waals surface area (Å²) in [6.07, 6.45) is 17.9. The molecule has 12 rings (SSSR count). The summed E-state index contributed by atoms with van der Waals surface area (Å²) in [6.45, 7) is 11.2. The number of benzene rings is 6. The van der Waals surface area contributed by atoms with Crippen LogP contribution in [0, 0.1) is 22.7 Å². The summed E-state index contributed by atoms with van der Waals surface area (Å²) in [5.41, 5.74) is 28.6. The van der Waals surface area contributed by atoms with Crippen molar-refractivity contribution < 1.29 is 23.9 Å². The van der Waals surface area contributed by atoms with E-state index in [0.29, 0.717) is 22.4 Å². The molecule has 3 aliphatic carbocycles. The van der Waals surface area contributed by atoms with E-state index in [1.54, 1.807) is 12.1 Å². The van der Waals surface area contributed by atoms with Crippen molar-refractivity contribution in [3.63, 3.8) is 0 Å². The molecule has 0 spiro atoms. The number of hydrogen-bond donors (Lipinski definition) is 10. The fourth-order valence-corrected chi connectivity index (χ4v) is 13.2. The summed E-state index contributed by atoms with van der Waals surface area (Å²) in [5, 5.41) is 45.6. The third kappa shape index (κ3) is 19.4. The number of anilines is 8. The van der Waals surface area contributed by atoms with Gasteiger partial charge in [-0.15, -0.1) is 0 Å². The summed E-state index contributed by atoms with van der Waals surface area (Å²) in [6, 6.07) is 46.3. The Hall–Kier alpha value is -9.83. The lowest BCUT2D eigenvalue weighted by Crippen LogP contribution is -2.49. The lowest BCUT2D eigenvalue weighted by atomic mass is 9.90. The Morgan fingerprint density at radius 2 is 0.897 bits per heavy atom. The Morgan fingerprint density at radius 3 is 1.36 bits per heavy atom. The van der Waals surface area contributed by atoms with Crippen molar-refractivity contribution in [1.82, 2.24) is 24.3 Å². The van der Waals surface area contributed by atoms with Gasteiger partial charge in [-0.3, -0.25) is 4.79 Å². The molecule has 510 valence electrons. The van der Waals surface area contributed by atoms with E-state index in [2.05, 4.69) is 109 Å². The van der Waals surface area contributed by atoms with Crippen molar-refractivity contribution in [2.75, 3.05) is 32.3 Å². The number of ether oxygens (including phenoxy) is 2. The summed E-state index contributed by atoms with van der Waals surface area (Å²) in [5.74, 6) is -0.455. The van der Waals surface area contributed by atoms with Crippen LogP contribution in [0.3, 0.4) is 0 Å². The molecule has 3 amide bonds. The van der Waals surface area contributed by atoms with Gasteiger partial charge in [0, 0.05) is 135 Å². The van der Waals surface area contributed by atoms with Gasteiger partial charge in [0.1, 0.15) is 23.3 Å². The molecule has 0 saturated heterocycles. The Morgan fingerprint density at radius 1 is 0.495 bits per heavy atom. The molecule has 3 fully saturated rings. The van der Waals surface area contributed by atoms with Crippen molar-refractivity contribution in [3.05, 3.63) is 167 Å². The van der Waals surface area contributed by atoms with Crippen molar-refractivity contribution in [3.8, 4) is 12.1 Å². The highest BCUT2D eigenvalue weighted by atomic mass is 79.9. The maximum absolute atomic E-state index is 12.4. The number of nitrogens with one attached hydrogen (secondary N) is 7. The lowest BCUT2D eigenvalue weighted by Gasteiger charge is -2.34. The topological polar surface area (TPSA) is 294 Å². The molecule has 6 atom stereocenters. The molecule has 9 aromatic rings. The Bertz CT molecular complexity index is 4300. The van der Waals surface area contributed by atoms with Gasteiger partial charge in [0.25, 0.3) is 5.91 Å². The summed E-state index contributed by atoms with van der Waals surface area (Å²) < 4.78 is 17.8. The van der Waals surface area contributed by atoms with Crippen molar-refractivity contribution in [2.24, 2.45) is 32.6 Å². The highest BCUT2D eigenvalue weighted by molar-refractivity contribution is 9.10. The number of carbonyl (C=O) groups is 3. The molecule has 3 aromatic heterocycles. The Labute approximate surface area is 578 Å². The SMILES string of the molecule is CC(C)(C)OC(=O)N[C@H]1CCCC[C@H]1Nc1ccc(C#N)c(Br)c1.Cn1ccc2c(N)cccc21.Cn1ccc2c(Nc3cc(N[C@@H]4CCCC[C@@H]4N)ccc3C(N)=O)cccc21.Cn1ccc2c(Nc3cc(N[C@@H]4CCCC[C@@H]4NC(=O)OC(C)(C)C)ccc3C#N)cccc21. The number of rotatable bonds is 13. The number of nitrogens with two attached hydrogens (primary N) is 3. The minimum absolute atomic E-state index is 0.0197. The molecule has 0 radical (unpaired) electrons. The number of amides is 3. The number of nitrogens with zero attached hydrogens (tertiary/aromatic N) is 5. The molecule has 3 saturated carbocycles. The predicted octanol–water partition coefficient (Wildman–Crippen LogP) is 16.1. The summed E-state index contributed by atoms with van der Waals surface area (Å²) >= 11 is 3.41. The molecular weight excluding hydrogens is 1280 g/mol. The largest absolute Gasteiger partial charge is 0.444 e. The first-order chi connectivity index (χ1) is 46.3. The van der Waals surface area contributed by atoms with Crippen LogP contribution in [0.4, 0.5) is 55.1 Å². The zero-order chi connectivity index (χ0) is 69.6. The van der Waals surface area contributed by atoms with Crippen LogP contribution < -0.4 is 54.4 Å². The predicted molar refractivity (Wildman–Crippen MR) is 397 cm³/mol. The smallest absolute Gasteiger partial charge is 0.407 e. The average Bonchev–Trinajstić information content (AvgIpc) is 1.75. The number of nitriles is 2. The van der Waals surface area contributed by atoms with Crippen molar-refractivity contribution in [2.45, 2.75) is 166 Å². The van der Waals surface area contributed by atoms with E-state index < -0.39 is 17.1 Å². The molecule has 21 heteroatoms. The zero-order valence-corrected chi connectivity index (χ0v) is 58.8. The monoisotopic (exact) mass is 1380 g/mol. The van der Waals surface area contributed by atoms with Crippen molar-refractivity contribution >= 4 is 112 Å². The molecule has 3 aliphatic rings. The number of alkyl carbamates (subject to hydrolysis) is 2. The van der Waals surface area contributed by atoms with Crippen molar-refractivity contribution in [1.29, 1.82) is 10.5 Å². The van der Waals surface area contributed by atoms with E-state index in [4.69, 9.17) is 31.9 Å². The van der Waals surface area contributed by atoms with E-state index >= 15 is 0 Å². The van der Waals surface area contributed by atoms with Crippen LogP contribution in [0.2, 0.25) is 0 Å². The number of primary amides is 1. The summed E-state index contributed by atoms with van der Waals surface area (Å²) in [7, 11) is 6.05. The van der Waals surface area contributed by atoms with Gasteiger partial charge in [-0.05, 0) is 205 Å². The second-order valence-corrected chi connectivity index (χ2v) is 28.2. The highest BCUT2D eigenvalue weighted by Gasteiger charge is 2.31. The second-order valence-electron chi connectivity index (χ2n) is 27.4. The first-order valence-electron chi connectivity index (χ1n) is 33.5. The highest BCUT2D eigenvalue weighted by Crippen LogP contribution is 2.35. The first-order valence-corrected chi connectivity index (χ1v) is 34.3. The lowest BCUT2D eigenvalue weighted by molar-refractivity contribution is 0.0477. The maximum Gasteiger partial charge on any atom is 0.407 e. The number of nitrogen functional groups attached to an aromatic ring is 1. The standard InChI is InChI=1S/C27H33N5O2.C22H27N5O.C18H24BrN3O2.C9H10N2/c1-27(2,3)34-26(33)31-23-9-6-5-8-22(23)29-19-13-12-18(17-28)24(16-19)30-21-10-7-11-25-20(21)14-15-32(25)4;1-27-12-11-15-18(7-4-8-21(15)27)26-20-13-14(9-10-16(20)22(24)28)25-19-6-3-2-5-17(19)23;1-18(2,3)24-17(23)22-16-7-5-4-6-15(16)21-13-9-8-12(11-20)14(19)10-13;1-11-6-5-7-8(10)3-2-4-9(7)11/h7,10-16,22-23,29-30H,5-6,8-9H2,1-4H3,(H,31,33);4,7-13,17,19,25-26H,2-3,5-6,23H2,1H3,(H2,24,28);8-10,15-16,21H,4-7H2,1-3H3,(H,22,23);2-6H,10H2,1H3/t22-,23+;17-,19+;15-,16+;/m101./s1. The molecular formula is C76H94BrN15O5. The van der Waals surface area contributed by atoms with E-state index in [9.17, 15) is 19.6 Å². The maximum atomic E-state index is 12.4. The molecule has 13 N–H and O–H groups in total. The minimum atomic E-state index is -0.531. The number of carbonyl (C=O) groups excluding carboxylic acids is 3. The molecule has 20 nitrogen and oxygen atoms in total. The van der Waals surface area contributed by atoms with Crippen LogP contribution in [-0.2, 0) is 30.6 Å². The van der Waals surface area contributed by atoms with E-state index in [-0.39, 0.29) is 48.4 Å². The first kappa shape index (κ1) is 71.5. The van der Waals surface area contributed by atoms with Crippen LogP contribution in [0.25, 0.3) is 32.7 Å². The van der Waals surface area contributed by atoms with Gasteiger partial charge in [0.15, 0.2) is 0 Å². The number of fused-ring (bicyclic) bond motifs is 3. The second kappa shape index (κ2) is 32.3. The Kier molecular flexibility index (Phi) is 23.8. The van der Waals surface area contributed by atoms with Gasteiger partial charge >= 0.3 is 12.2 Å². The number of aromatic nitrogens is 3. The molecule has 6 aromatic carbocycles. The van der Waals surface area contributed by atoms with Crippen LogP contribution >= 0.6 is 15.9 Å². The molecule has 97 heavy (non-hydrogen) atoms. The number of aryl methyl sites for hydroxylation is 3. The van der Waals surface area contributed by atoms with E-state index in [0.717, 1.165) is 136 Å². The quantitative estimate of drug-likeness (QED) is 0.0481. The Balaban J connectivity index is 0.000000159. The minimum Gasteiger partial charge on any atom is -0.444 e. The van der Waals surface area contributed by atoms with Crippen LogP contribution in [0.1, 0.15) is 140 Å². The number of halogens is 1. The van der Waals surface area contributed by atoms with Crippen LogP contribution in [0.15, 0.2) is 150 Å². The third-order valence-corrected chi connectivity index (χ3v) is 18.3. The van der Waals surface area contributed by atoms with Gasteiger partial charge in [0.05, 0.1) is 40.1 Å². The molecule has 3 heterocycles. The molecule has 0 aliphatic heterocycles. The van der Waals surface area contributed by atoms with E-state index in [1.807, 2.05) is 166 Å². The van der Waals surface area contributed by atoms with Gasteiger partial charge < -0.3 is 77.6 Å². The van der Waals surface area contributed by atoms with E-state index in [1.165, 1.54) is 18.4 Å². The van der Waals surface area contributed by atoms with Gasteiger partial charge in [0.2, 0.25) is 0 Å². The van der Waals surface area contributed by atoms with Gasteiger partial charge in [-0.1, -0.05) is 56.7 Å². The fourth-order valence-electron chi connectivity index (χ4n) is 12.8. The fraction of sp³-hybridized carbons (Fsp3) is 0.382. The normalized spacial score (nSPS) is 18.4. The van der Waals surface area contributed by atoms with Gasteiger partial charge in [-0.2, -0.15) is 10.5 Å². The van der Waals surface area contributed by atoms with Crippen LogP contribution in [0.5, 0.6) is 0 Å². The summed E-state index contributed by atoms with van der Waals surface area (Å²) in [4.78, 5) is 36.4. The van der Waals surface area contributed by atoms with Gasteiger partial charge in [-0.25, -0.2) is 9.59 Å². The third-order valence-electron chi connectivity index (χ3n) is 17.7.